The Labute approximate surface area is 92.8 Å². The van der Waals surface area contributed by atoms with E-state index in [0.717, 1.165) is 0 Å². The highest BCUT2D eigenvalue weighted by Crippen LogP contribution is 2.28. The molecule has 0 radical (unpaired) electrons. The summed E-state index contributed by atoms with van der Waals surface area (Å²) in [6.45, 7) is 0. The number of nitrogens with one attached hydrogen (secondary N) is 1. The minimum atomic E-state index is -0.0460. The van der Waals surface area contributed by atoms with Gasteiger partial charge in [-0.15, -0.1) is 0 Å². The fourth-order valence-corrected chi connectivity index (χ4v) is 1.02. The molecule has 0 unspecified atom stereocenters. The highest BCUT2D eigenvalue weighted by molar-refractivity contribution is 5.56. The first-order valence-electron chi connectivity index (χ1n) is 4.35. The number of methoxy groups -OCH3 is 1. The van der Waals surface area contributed by atoms with Crippen LogP contribution in [-0.4, -0.2) is 12.2 Å². The first-order chi connectivity index (χ1) is 7.71. The molecule has 2 N–H and O–H groups in total. The molecule has 0 saturated heterocycles. The molecular formula is C11H9N3O2. The summed E-state index contributed by atoms with van der Waals surface area (Å²) in [6.07, 6.45) is 1.27. The van der Waals surface area contributed by atoms with Crippen LogP contribution in [0.4, 0.5) is 5.69 Å². The van der Waals surface area contributed by atoms with Gasteiger partial charge in [-0.05, 0) is 12.1 Å². The van der Waals surface area contributed by atoms with Crippen LogP contribution >= 0.6 is 0 Å². The molecule has 1 aromatic carbocycles. The Bertz CT molecular complexity index is 479. The molecule has 1 rings (SSSR count). The average molecular weight is 215 g/mol. The maximum atomic E-state index is 9.46. The lowest BCUT2D eigenvalue weighted by Crippen LogP contribution is -1.90. The first-order valence-corrected chi connectivity index (χ1v) is 4.35. The summed E-state index contributed by atoms with van der Waals surface area (Å²) >= 11 is 0. The number of nitriles is 2. The Morgan fingerprint density at radius 2 is 2.12 bits per heavy atom. The van der Waals surface area contributed by atoms with E-state index in [2.05, 4.69) is 5.32 Å². The molecule has 0 aromatic heterocycles. The lowest BCUT2D eigenvalue weighted by molar-refractivity contribution is 0.373. The number of rotatable bonds is 3. The molecule has 80 valence electrons. The third kappa shape index (κ3) is 2.66. The van der Waals surface area contributed by atoms with Crippen molar-refractivity contribution in [2.75, 3.05) is 12.4 Å². The zero-order chi connectivity index (χ0) is 12.0. The van der Waals surface area contributed by atoms with E-state index in [4.69, 9.17) is 15.3 Å². The van der Waals surface area contributed by atoms with Gasteiger partial charge in [-0.2, -0.15) is 10.5 Å². The Morgan fingerprint density at radius 1 is 1.44 bits per heavy atom. The summed E-state index contributed by atoms with van der Waals surface area (Å²) < 4.78 is 4.87. The van der Waals surface area contributed by atoms with Gasteiger partial charge in [0, 0.05) is 18.0 Å². The molecule has 0 aliphatic carbocycles. The molecule has 0 atom stereocenters. The van der Waals surface area contributed by atoms with E-state index < -0.39 is 0 Å². The van der Waals surface area contributed by atoms with Gasteiger partial charge < -0.3 is 15.2 Å². The van der Waals surface area contributed by atoms with Gasteiger partial charge in [0.05, 0.1) is 7.11 Å². The van der Waals surface area contributed by atoms with Crippen LogP contribution in [0.1, 0.15) is 0 Å². The molecule has 0 saturated carbocycles. The minimum absolute atomic E-state index is 0.0173. The van der Waals surface area contributed by atoms with Crippen LogP contribution < -0.4 is 10.1 Å². The van der Waals surface area contributed by atoms with Gasteiger partial charge >= 0.3 is 0 Å². The van der Waals surface area contributed by atoms with Crippen LogP contribution in [0.15, 0.2) is 30.0 Å². The molecule has 16 heavy (non-hydrogen) atoms. The summed E-state index contributed by atoms with van der Waals surface area (Å²) in [7, 11) is 1.45. The third-order valence-electron chi connectivity index (χ3n) is 1.80. The Kier molecular flexibility index (Phi) is 3.77. The highest BCUT2D eigenvalue weighted by atomic mass is 16.5. The number of aromatic hydroxyl groups is 1. The van der Waals surface area contributed by atoms with Crippen molar-refractivity contribution in [1.29, 1.82) is 10.5 Å². The smallest absolute Gasteiger partial charge is 0.160 e. The maximum absolute atomic E-state index is 9.46. The van der Waals surface area contributed by atoms with Gasteiger partial charge in [0.15, 0.2) is 11.5 Å². The van der Waals surface area contributed by atoms with E-state index in [1.807, 2.05) is 0 Å². The van der Waals surface area contributed by atoms with Crippen LogP contribution in [0, 0.1) is 22.7 Å². The number of phenolic OH excluding ortho intramolecular Hbond substituents is 1. The van der Waals surface area contributed by atoms with Gasteiger partial charge in [0.2, 0.25) is 0 Å². The van der Waals surface area contributed by atoms with Crippen molar-refractivity contribution >= 4 is 5.69 Å². The van der Waals surface area contributed by atoms with Gasteiger partial charge in [-0.1, -0.05) is 0 Å². The molecular weight excluding hydrogens is 206 g/mol. The molecule has 0 spiro atoms. The predicted molar refractivity (Wildman–Crippen MR) is 57.6 cm³/mol. The van der Waals surface area contributed by atoms with Crippen molar-refractivity contribution in [2.45, 2.75) is 0 Å². The van der Waals surface area contributed by atoms with E-state index in [0.29, 0.717) is 11.4 Å². The fraction of sp³-hybridized carbons (Fsp3) is 0.0909. The Balaban J connectivity index is 2.85. The number of hydrogen-bond donors (Lipinski definition) is 2. The largest absolute Gasteiger partial charge is 0.504 e. The van der Waals surface area contributed by atoms with Gasteiger partial charge in [-0.3, -0.25) is 0 Å². The zero-order valence-corrected chi connectivity index (χ0v) is 8.56. The van der Waals surface area contributed by atoms with Crippen molar-refractivity contribution < 1.29 is 9.84 Å². The molecule has 0 bridgehead atoms. The third-order valence-corrected chi connectivity index (χ3v) is 1.80. The molecule has 1 aromatic rings. The zero-order valence-electron chi connectivity index (χ0n) is 8.56. The number of nitrogens with zero attached hydrogens (tertiary/aromatic N) is 2. The molecule has 0 aliphatic heterocycles. The normalized spacial score (nSPS) is 8.44. The SMILES string of the molecule is COc1ccc(NC=C(C#N)C#N)cc1O. The number of phenols is 1. The molecule has 5 nitrogen and oxygen atoms in total. The van der Waals surface area contributed by atoms with E-state index >= 15 is 0 Å². The van der Waals surface area contributed by atoms with Crippen LogP contribution in [0.3, 0.4) is 0 Å². The van der Waals surface area contributed by atoms with Gasteiger partial charge in [0.25, 0.3) is 0 Å². The fourth-order valence-electron chi connectivity index (χ4n) is 1.02. The molecule has 0 amide bonds. The van der Waals surface area contributed by atoms with Crippen molar-refractivity contribution in [2.24, 2.45) is 0 Å². The standard InChI is InChI=1S/C11H9N3O2/c1-16-11-3-2-9(4-10(11)15)14-7-8(5-12)6-13/h2-4,7,14-15H,1H3. The summed E-state index contributed by atoms with van der Waals surface area (Å²) in [6, 6.07) is 8.08. The molecule has 5 heteroatoms. The van der Waals surface area contributed by atoms with Crippen LogP contribution in [0.2, 0.25) is 0 Å². The summed E-state index contributed by atoms with van der Waals surface area (Å²) in [5.74, 6) is 0.340. The molecule has 0 fully saturated rings. The second-order valence-corrected chi connectivity index (χ2v) is 2.81. The van der Waals surface area contributed by atoms with Crippen LogP contribution in [0.25, 0.3) is 0 Å². The van der Waals surface area contributed by atoms with Gasteiger partial charge in [-0.25, -0.2) is 0 Å². The van der Waals surface area contributed by atoms with E-state index in [-0.39, 0.29) is 11.3 Å². The van der Waals surface area contributed by atoms with E-state index in [1.54, 1.807) is 24.3 Å². The number of allylic oxidation sites excluding steroid dienone is 1. The number of benzene rings is 1. The van der Waals surface area contributed by atoms with Crippen LogP contribution in [0.5, 0.6) is 11.5 Å². The minimum Gasteiger partial charge on any atom is -0.504 e. The second-order valence-electron chi connectivity index (χ2n) is 2.81. The number of anilines is 1. The number of hydrogen-bond acceptors (Lipinski definition) is 5. The Morgan fingerprint density at radius 3 is 2.62 bits per heavy atom. The lowest BCUT2D eigenvalue weighted by Gasteiger charge is -2.05. The van der Waals surface area contributed by atoms with Crippen molar-refractivity contribution in [3.63, 3.8) is 0 Å². The molecule has 0 aliphatic rings. The van der Waals surface area contributed by atoms with Crippen LogP contribution in [-0.2, 0) is 0 Å². The molecule has 0 heterocycles. The number of ether oxygens (including phenoxy) is 1. The van der Waals surface area contributed by atoms with E-state index in [1.165, 1.54) is 19.4 Å². The Hall–Kier alpha value is -2.66. The highest BCUT2D eigenvalue weighted by Gasteiger charge is 2.01. The second kappa shape index (κ2) is 5.28. The quantitative estimate of drug-likeness (QED) is 0.749. The summed E-state index contributed by atoms with van der Waals surface area (Å²) in [4.78, 5) is 0. The topological polar surface area (TPSA) is 89.1 Å². The van der Waals surface area contributed by atoms with Crippen molar-refractivity contribution in [3.05, 3.63) is 30.0 Å². The monoisotopic (exact) mass is 215 g/mol. The first kappa shape index (κ1) is 11.4. The van der Waals surface area contributed by atoms with Crippen molar-refractivity contribution in [3.8, 4) is 23.6 Å². The summed E-state index contributed by atoms with van der Waals surface area (Å²) in [5.41, 5.74) is 0.511. The summed E-state index contributed by atoms with van der Waals surface area (Å²) in [5, 5.41) is 29.2. The van der Waals surface area contributed by atoms with Gasteiger partial charge in [0.1, 0.15) is 17.7 Å². The predicted octanol–water partition coefficient (Wildman–Crippen LogP) is 1.74. The lowest BCUT2D eigenvalue weighted by atomic mass is 10.2. The van der Waals surface area contributed by atoms with Crippen molar-refractivity contribution in [1.82, 2.24) is 0 Å². The van der Waals surface area contributed by atoms with E-state index in [9.17, 15) is 5.11 Å². The maximum Gasteiger partial charge on any atom is 0.160 e. The average Bonchev–Trinajstić information content (AvgIpc) is 2.30.